The smallest absolute Gasteiger partial charge is 0.375 e. The van der Waals surface area contributed by atoms with Gasteiger partial charge in [0, 0.05) is 11.6 Å². The second kappa shape index (κ2) is 6.89. The van der Waals surface area contributed by atoms with Crippen LogP contribution in [0, 0.1) is 0 Å². The third kappa shape index (κ3) is 3.64. The Kier molecular flexibility index (Phi) is 4.49. The van der Waals surface area contributed by atoms with Gasteiger partial charge in [-0.25, -0.2) is 4.79 Å². The van der Waals surface area contributed by atoms with E-state index in [1.165, 1.54) is 11.3 Å². The molecule has 0 aliphatic carbocycles. The van der Waals surface area contributed by atoms with Gasteiger partial charge in [0.25, 0.3) is 0 Å². The molecule has 0 saturated carbocycles. The van der Waals surface area contributed by atoms with Crippen LogP contribution in [0.2, 0.25) is 0 Å². The Labute approximate surface area is 136 Å². The van der Waals surface area contributed by atoms with Gasteiger partial charge in [-0.3, -0.25) is 4.98 Å². The Morgan fingerprint density at radius 2 is 2.09 bits per heavy atom. The number of fused-ring (bicyclic) bond motifs is 1. The SMILES string of the molecule is NC(COc1cccc2cccnc12)=NOC(=O)c1cccs1. The summed E-state index contributed by atoms with van der Waals surface area (Å²) in [4.78, 5) is 21.1. The van der Waals surface area contributed by atoms with Crippen molar-refractivity contribution in [2.45, 2.75) is 0 Å². The zero-order chi connectivity index (χ0) is 16.1. The van der Waals surface area contributed by atoms with Gasteiger partial charge in [-0.05, 0) is 23.6 Å². The summed E-state index contributed by atoms with van der Waals surface area (Å²) in [5.41, 5.74) is 6.43. The number of benzene rings is 1. The van der Waals surface area contributed by atoms with E-state index in [0.29, 0.717) is 10.6 Å². The van der Waals surface area contributed by atoms with Crippen molar-refractivity contribution in [1.82, 2.24) is 4.98 Å². The standard InChI is InChI=1S/C16H13N3O3S/c17-14(19-22-16(20)13-7-3-9-23-13)10-21-12-6-1-4-11-5-2-8-18-15(11)12/h1-9H,10H2,(H2,17,19). The van der Waals surface area contributed by atoms with Crippen LogP contribution in [-0.4, -0.2) is 23.4 Å². The molecule has 7 heteroatoms. The zero-order valence-electron chi connectivity index (χ0n) is 12.0. The number of para-hydroxylation sites is 1. The molecule has 0 aliphatic heterocycles. The van der Waals surface area contributed by atoms with Gasteiger partial charge in [-0.2, -0.15) is 0 Å². The van der Waals surface area contributed by atoms with Crippen molar-refractivity contribution < 1.29 is 14.4 Å². The lowest BCUT2D eigenvalue weighted by Gasteiger charge is -2.07. The Hall–Kier alpha value is -2.93. The molecule has 0 spiro atoms. The summed E-state index contributed by atoms with van der Waals surface area (Å²) in [6.45, 7) is -0.00654. The molecule has 0 fully saturated rings. The van der Waals surface area contributed by atoms with Crippen molar-refractivity contribution in [3.63, 3.8) is 0 Å². The molecule has 0 radical (unpaired) electrons. The van der Waals surface area contributed by atoms with Crippen molar-refractivity contribution >= 4 is 34.0 Å². The lowest BCUT2D eigenvalue weighted by atomic mass is 10.2. The van der Waals surface area contributed by atoms with Crippen molar-refractivity contribution in [2.75, 3.05) is 6.61 Å². The minimum atomic E-state index is -0.547. The first-order valence-electron chi connectivity index (χ1n) is 6.78. The molecule has 2 heterocycles. The van der Waals surface area contributed by atoms with Crippen LogP contribution in [0.15, 0.2) is 59.2 Å². The maximum Gasteiger partial charge on any atom is 0.375 e. The molecule has 0 unspecified atom stereocenters. The molecule has 1 aromatic carbocycles. The first-order valence-corrected chi connectivity index (χ1v) is 7.66. The number of pyridine rings is 1. The van der Waals surface area contributed by atoms with Crippen LogP contribution in [0.25, 0.3) is 10.9 Å². The summed E-state index contributed by atoms with van der Waals surface area (Å²) in [6, 6.07) is 12.8. The number of nitrogens with zero attached hydrogens (tertiary/aromatic N) is 2. The molecule has 6 nitrogen and oxygen atoms in total. The highest BCUT2D eigenvalue weighted by Crippen LogP contribution is 2.22. The van der Waals surface area contributed by atoms with Gasteiger partial charge < -0.3 is 15.3 Å². The maximum atomic E-state index is 11.6. The lowest BCUT2D eigenvalue weighted by molar-refractivity contribution is 0.0519. The Morgan fingerprint density at radius 3 is 2.91 bits per heavy atom. The average Bonchev–Trinajstić information content (AvgIpc) is 3.12. The van der Waals surface area contributed by atoms with Gasteiger partial charge in [0.1, 0.15) is 22.8 Å². The molecule has 2 aromatic heterocycles. The molecule has 23 heavy (non-hydrogen) atoms. The van der Waals surface area contributed by atoms with E-state index in [9.17, 15) is 4.79 Å². The van der Waals surface area contributed by atoms with Crippen molar-refractivity contribution in [3.8, 4) is 5.75 Å². The number of carbonyl (C=O) groups excluding carboxylic acids is 1. The number of nitrogens with two attached hydrogens (primary N) is 1. The second-order valence-corrected chi connectivity index (χ2v) is 5.51. The van der Waals surface area contributed by atoms with Gasteiger partial charge in [0.2, 0.25) is 0 Å². The van der Waals surface area contributed by atoms with E-state index in [-0.39, 0.29) is 12.4 Å². The second-order valence-electron chi connectivity index (χ2n) is 4.56. The first-order chi connectivity index (χ1) is 11.2. The number of hydrogen-bond acceptors (Lipinski definition) is 6. The third-order valence-corrected chi connectivity index (χ3v) is 3.79. The van der Waals surface area contributed by atoms with Gasteiger partial charge in [0.05, 0.1) is 0 Å². The molecular formula is C16H13N3O3S. The fraction of sp³-hybridized carbons (Fsp3) is 0.0625. The maximum absolute atomic E-state index is 11.6. The third-order valence-electron chi connectivity index (χ3n) is 2.94. The first kappa shape index (κ1) is 15.0. The molecule has 0 aliphatic rings. The van der Waals surface area contributed by atoms with E-state index in [2.05, 4.69) is 10.1 Å². The Balaban J connectivity index is 1.63. The van der Waals surface area contributed by atoms with Crippen LogP contribution >= 0.6 is 11.3 Å². The number of aromatic nitrogens is 1. The highest BCUT2D eigenvalue weighted by Gasteiger charge is 2.09. The highest BCUT2D eigenvalue weighted by atomic mass is 32.1. The van der Waals surface area contributed by atoms with Crippen LogP contribution in [0.3, 0.4) is 0 Å². The molecule has 0 atom stereocenters. The van der Waals surface area contributed by atoms with Crippen molar-refractivity contribution in [3.05, 3.63) is 58.9 Å². The van der Waals surface area contributed by atoms with Gasteiger partial charge in [0.15, 0.2) is 5.84 Å². The van der Waals surface area contributed by atoms with Crippen molar-refractivity contribution in [1.29, 1.82) is 0 Å². The topological polar surface area (TPSA) is 86.8 Å². The molecule has 0 bridgehead atoms. The van der Waals surface area contributed by atoms with Crippen molar-refractivity contribution in [2.24, 2.45) is 10.9 Å². The van der Waals surface area contributed by atoms with Gasteiger partial charge >= 0.3 is 5.97 Å². The molecule has 3 aromatic rings. The summed E-state index contributed by atoms with van der Waals surface area (Å²) >= 11 is 1.27. The predicted octanol–water partition coefficient (Wildman–Crippen LogP) is 2.80. The van der Waals surface area contributed by atoms with E-state index in [1.807, 2.05) is 24.3 Å². The summed E-state index contributed by atoms with van der Waals surface area (Å²) in [5.74, 6) is 0.100. The summed E-state index contributed by atoms with van der Waals surface area (Å²) in [5, 5.41) is 6.32. The number of rotatable bonds is 5. The van der Waals surface area contributed by atoms with Crippen LogP contribution in [0.1, 0.15) is 9.67 Å². The quantitative estimate of drug-likeness (QED) is 0.337. The van der Waals surface area contributed by atoms with E-state index in [4.69, 9.17) is 15.3 Å². The average molecular weight is 327 g/mol. The molecule has 0 saturated heterocycles. The minimum absolute atomic E-state index is 0.00654. The number of thiophene rings is 1. The predicted molar refractivity (Wildman–Crippen MR) is 88.6 cm³/mol. The summed E-state index contributed by atoms with van der Waals surface area (Å²) in [6.07, 6.45) is 1.69. The number of oxime groups is 1. The zero-order valence-corrected chi connectivity index (χ0v) is 12.8. The fourth-order valence-corrected chi connectivity index (χ4v) is 2.50. The van der Waals surface area contributed by atoms with Crippen LogP contribution < -0.4 is 10.5 Å². The lowest BCUT2D eigenvalue weighted by Crippen LogP contribution is -2.22. The Bertz CT molecular complexity index is 841. The van der Waals surface area contributed by atoms with Gasteiger partial charge in [-0.15, -0.1) is 11.3 Å². The summed E-state index contributed by atoms with van der Waals surface area (Å²) < 4.78 is 5.60. The van der Waals surface area contributed by atoms with E-state index in [1.54, 1.807) is 29.8 Å². The minimum Gasteiger partial charge on any atom is -0.483 e. The molecular weight excluding hydrogens is 314 g/mol. The number of amidine groups is 1. The molecule has 3 rings (SSSR count). The normalized spacial score (nSPS) is 11.4. The van der Waals surface area contributed by atoms with Crippen LogP contribution in [-0.2, 0) is 4.84 Å². The van der Waals surface area contributed by atoms with E-state index < -0.39 is 5.97 Å². The largest absolute Gasteiger partial charge is 0.483 e. The summed E-state index contributed by atoms with van der Waals surface area (Å²) in [7, 11) is 0. The number of carbonyl (C=O) groups is 1. The fourth-order valence-electron chi connectivity index (χ4n) is 1.91. The molecule has 2 N–H and O–H groups in total. The van der Waals surface area contributed by atoms with E-state index >= 15 is 0 Å². The number of ether oxygens (including phenoxy) is 1. The number of hydrogen-bond donors (Lipinski definition) is 1. The monoisotopic (exact) mass is 327 g/mol. The van der Waals surface area contributed by atoms with Gasteiger partial charge in [-0.1, -0.05) is 29.4 Å². The van der Waals surface area contributed by atoms with Crippen LogP contribution in [0.5, 0.6) is 5.75 Å². The molecule has 0 amide bonds. The van der Waals surface area contributed by atoms with E-state index in [0.717, 1.165) is 10.9 Å². The Morgan fingerprint density at radius 1 is 1.22 bits per heavy atom. The highest BCUT2D eigenvalue weighted by molar-refractivity contribution is 7.11. The molecule has 116 valence electrons. The van der Waals surface area contributed by atoms with Crippen LogP contribution in [0.4, 0.5) is 0 Å².